The maximum Gasteiger partial charge on any atom is 0.304 e. The standard InChI is InChI=1S/C20H27N3O4/c1-13-10-11-16(19(26)21-13)18-22-20(27-23-18)15(12-17(24)25)9-5-8-14-6-3-2-4-7-14/h10-11,14-15H,2-9,12H2,1H3,(H,21,26)(H,24,25)/t15-/m1/s1. The minimum Gasteiger partial charge on any atom is -0.481 e. The summed E-state index contributed by atoms with van der Waals surface area (Å²) in [5, 5.41) is 13.2. The van der Waals surface area contributed by atoms with Crippen molar-refractivity contribution in [3.8, 4) is 11.4 Å². The summed E-state index contributed by atoms with van der Waals surface area (Å²) < 4.78 is 5.33. The lowest BCUT2D eigenvalue weighted by Crippen LogP contribution is -2.11. The summed E-state index contributed by atoms with van der Waals surface area (Å²) in [5.74, 6) is 0.0565. The summed E-state index contributed by atoms with van der Waals surface area (Å²) in [5.41, 5.74) is 0.792. The highest BCUT2D eigenvalue weighted by atomic mass is 16.5. The number of aromatic amines is 1. The van der Waals surface area contributed by atoms with Crippen LogP contribution in [0.15, 0.2) is 21.5 Å². The molecule has 0 amide bonds. The highest BCUT2D eigenvalue weighted by Gasteiger charge is 2.24. The Balaban J connectivity index is 1.68. The molecule has 2 aromatic rings. The smallest absolute Gasteiger partial charge is 0.304 e. The maximum atomic E-state index is 12.1. The van der Waals surface area contributed by atoms with Crippen molar-refractivity contribution in [2.24, 2.45) is 5.92 Å². The van der Waals surface area contributed by atoms with Gasteiger partial charge < -0.3 is 14.6 Å². The van der Waals surface area contributed by atoms with Gasteiger partial charge in [-0.15, -0.1) is 0 Å². The molecule has 0 radical (unpaired) electrons. The molecule has 2 aromatic heterocycles. The molecule has 1 atom stereocenters. The Labute approximate surface area is 158 Å². The van der Waals surface area contributed by atoms with Crippen LogP contribution in [0.1, 0.15) is 75.3 Å². The molecule has 0 saturated heterocycles. The van der Waals surface area contributed by atoms with Gasteiger partial charge in [0.1, 0.15) is 0 Å². The van der Waals surface area contributed by atoms with Gasteiger partial charge in [-0.3, -0.25) is 9.59 Å². The topological polar surface area (TPSA) is 109 Å². The molecule has 3 rings (SSSR count). The number of rotatable bonds is 8. The Bertz CT molecular complexity index is 821. The zero-order chi connectivity index (χ0) is 19.2. The van der Waals surface area contributed by atoms with Gasteiger partial charge in [-0.25, -0.2) is 0 Å². The van der Waals surface area contributed by atoms with Crippen LogP contribution in [0.3, 0.4) is 0 Å². The van der Waals surface area contributed by atoms with Crippen molar-refractivity contribution in [1.29, 1.82) is 0 Å². The van der Waals surface area contributed by atoms with Crippen LogP contribution in [-0.2, 0) is 4.79 Å². The van der Waals surface area contributed by atoms with Crippen molar-refractivity contribution < 1.29 is 14.4 Å². The third-order valence-electron chi connectivity index (χ3n) is 5.40. The lowest BCUT2D eigenvalue weighted by Gasteiger charge is -2.21. The van der Waals surface area contributed by atoms with E-state index in [1.807, 2.05) is 0 Å². The van der Waals surface area contributed by atoms with E-state index in [0.29, 0.717) is 17.9 Å². The SMILES string of the molecule is Cc1ccc(-c2noc([C@H](CCCC3CCCCC3)CC(=O)O)n2)c(=O)[nH]1. The minimum absolute atomic E-state index is 0.0451. The Morgan fingerprint density at radius 2 is 2.11 bits per heavy atom. The van der Waals surface area contributed by atoms with E-state index in [1.54, 1.807) is 19.1 Å². The van der Waals surface area contributed by atoms with Gasteiger partial charge in [0.15, 0.2) is 0 Å². The maximum absolute atomic E-state index is 12.1. The number of aryl methyl sites for hydroxylation is 1. The fourth-order valence-corrected chi connectivity index (χ4v) is 3.91. The second-order valence-corrected chi connectivity index (χ2v) is 7.57. The molecule has 7 nitrogen and oxygen atoms in total. The number of hydrogen-bond donors (Lipinski definition) is 2. The van der Waals surface area contributed by atoms with E-state index in [-0.39, 0.29) is 23.7 Å². The second-order valence-electron chi connectivity index (χ2n) is 7.57. The van der Waals surface area contributed by atoms with Crippen molar-refractivity contribution in [3.63, 3.8) is 0 Å². The van der Waals surface area contributed by atoms with Crippen LogP contribution in [0.5, 0.6) is 0 Å². The molecule has 0 spiro atoms. The van der Waals surface area contributed by atoms with Gasteiger partial charge in [-0.05, 0) is 31.4 Å². The average Bonchev–Trinajstić information content (AvgIpc) is 3.11. The number of aromatic nitrogens is 3. The molecular weight excluding hydrogens is 346 g/mol. The Kier molecular flexibility index (Phi) is 6.42. The molecule has 0 unspecified atom stereocenters. The molecule has 1 fully saturated rings. The van der Waals surface area contributed by atoms with Crippen molar-refractivity contribution in [2.45, 2.75) is 70.6 Å². The van der Waals surface area contributed by atoms with E-state index in [4.69, 9.17) is 4.52 Å². The summed E-state index contributed by atoms with van der Waals surface area (Å²) >= 11 is 0. The Morgan fingerprint density at radius 3 is 2.81 bits per heavy atom. The van der Waals surface area contributed by atoms with Crippen LogP contribution in [0.25, 0.3) is 11.4 Å². The van der Waals surface area contributed by atoms with E-state index < -0.39 is 5.97 Å². The third-order valence-corrected chi connectivity index (χ3v) is 5.40. The zero-order valence-electron chi connectivity index (χ0n) is 15.7. The van der Waals surface area contributed by atoms with Gasteiger partial charge in [0, 0.05) is 11.6 Å². The molecule has 0 bridgehead atoms. The number of H-pyrrole nitrogens is 1. The van der Waals surface area contributed by atoms with Crippen LogP contribution in [0, 0.1) is 12.8 Å². The summed E-state index contributed by atoms with van der Waals surface area (Å²) in [4.78, 5) is 30.4. The molecule has 2 heterocycles. The number of pyridine rings is 1. The highest BCUT2D eigenvalue weighted by molar-refractivity contribution is 5.67. The number of carbonyl (C=O) groups is 1. The van der Waals surface area contributed by atoms with Crippen molar-refractivity contribution >= 4 is 5.97 Å². The van der Waals surface area contributed by atoms with E-state index in [9.17, 15) is 14.7 Å². The summed E-state index contributed by atoms with van der Waals surface area (Å²) in [6.45, 7) is 1.79. The number of hydrogen-bond acceptors (Lipinski definition) is 5. The second kappa shape index (κ2) is 8.97. The molecule has 146 valence electrons. The predicted octanol–water partition coefficient (Wildman–Crippen LogP) is 4.04. The van der Waals surface area contributed by atoms with Gasteiger partial charge >= 0.3 is 5.97 Å². The van der Waals surface area contributed by atoms with Gasteiger partial charge in [0.05, 0.1) is 12.0 Å². The molecule has 7 heteroatoms. The van der Waals surface area contributed by atoms with Crippen LogP contribution in [-0.4, -0.2) is 26.2 Å². The first-order valence-electron chi connectivity index (χ1n) is 9.78. The molecule has 0 aromatic carbocycles. The molecule has 1 aliphatic rings. The Hall–Kier alpha value is -2.44. The van der Waals surface area contributed by atoms with E-state index in [2.05, 4.69) is 15.1 Å². The number of nitrogens with zero attached hydrogens (tertiary/aromatic N) is 2. The number of carboxylic acid groups (broad SMARTS) is 1. The molecule has 27 heavy (non-hydrogen) atoms. The first-order chi connectivity index (χ1) is 13.0. The monoisotopic (exact) mass is 373 g/mol. The molecule has 2 N–H and O–H groups in total. The lowest BCUT2D eigenvalue weighted by atomic mass is 9.84. The highest BCUT2D eigenvalue weighted by Crippen LogP contribution is 2.31. The van der Waals surface area contributed by atoms with Crippen LogP contribution < -0.4 is 5.56 Å². The van der Waals surface area contributed by atoms with Gasteiger partial charge in [-0.2, -0.15) is 4.98 Å². The number of aliphatic carboxylic acids is 1. The summed E-state index contributed by atoms with van der Waals surface area (Å²) in [6, 6.07) is 3.42. The Morgan fingerprint density at radius 1 is 1.33 bits per heavy atom. The molecule has 0 aliphatic heterocycles. The van der Waals surface area contributed by atoms with E-state index >= 15 is 0 Å². The summed E-state index contributed by atoms with van der Waals surface area (Å²) in [7, 11) is 0. The van der Waals surface area contributed by atoms with Crippen molar-refractivity contribution in [1.82, 2.24) is 15.1 Å². The largest absolute Gasteiger partial charge is 0.481 e. The van der Waals surface area contributed by atoms with Crippen LogP contribution in [0.4, 0.5) is 0 Å². The predicted molar refractivity (Wildman–Crippen MR) is 101 cm³/mol. The summed E-state index contributed by atoms with van der Waals surface area (Å²) in [6.07, 6.45) is 9.24. The fraction of sp³-hybridized carbons (Fsp3) is 0.600. The molecule has 1 saturated carbocycles. The van der Waals surface area contributed by atoms with E-state index in [1.165, 1.54) is 32.1 Å². The first-order valence-corrected chi connectivity index (χ1v) is 9.78. The van der Waals surface area contributed by atoms with Crippen molar-refractivity contribution in [3.05, 3.63) is 34.1 Å². The number of nitrogens with one attached hydrogen (secondary N) is 1. The van der Waals surface area contributed by atoms with Crippen LogP contribution in [0.2, 0.25) is 0 Å². The average molecular weight is 373 g/mol. The normalized spacial score (nSPS) is 16.3. The van der Waals surface area contributed by atoms with Gasteiger partial charge in [-0.1, -0.05) is 50.1 Å². The van der Waals surface area contributed by atoms with Gasteiger partial charge in [0.2, 0.25) is 11.7 Å². The van der Waals surface area contributed by atoms with E-state index in [0.717, 1.165) is 24.5 Å². The van der Waals surface area contributed by atoms with Crippen molar-refractivity contribution in [2.75, 3.05) is 0 Å². The first kappa shape index (κ1) is 19.3. The molecule has 1 aliphatic carbocycles. The van der Waals surface area contributed by atoms with Crippen LogP contribution >= 0.6 is 0 Å². The third kappa shape index (κ3) is 5.28. The fourth-order valence-electron chi connectivity index (χ4n) is 3.91. The minimum atomic E-state index is -0.884. The number of carboxylic acids is 1. The van der Waals surface area contributed by atoms with Gasteiger partial charge in [0.25, 0.3) is 5.56 Å². The quantitative estimate of drug-likeness (QED) is 0.723. The lowest BCUT2D eigenvalue weighted by molar-refractivity contribution is -0.137. The zero-order valence-corrected chi connectivity index (χ0v) is 15.7. The molecular formula is C20H27N3O4.